The summed E-state index contributed by atoms with van der Waals surface area (Å²) in [6.07, 6.45) is 1.22. The maximum atomic E-state index is 12.7. The number of hydrogen-bond donors (Lipinski definition) is 0. The highest BCUT2D eigenvalue weighted by molar-refractivity contribution is 7.99. The van der Waals surface area contributed by atoms with Crippen LogP contribution in [0, 0.1) is 0 Å². The zero-order valence-corrected chi connectivity index (χ0v) is 14.3. The molecule has 2 aromatic rings. The van der Waals surface area contributed by atoms with Crippen LogP contribution in [0.1, 0.15) is 0 Å². The Labute approximate surface area is 143 Å². The molecule has 0 spiro atoms. The predicted octanol–water partition coefficient (Wildman–Crippen LogP) is 0.386. The second-order valence-corrected chi connectivity index (χ2v) is 6.78. The van der Waals surface area contributed by atoms with Gasteiger partial charge in [-0.25, -0.2) is 4.98 Å². The molecule has 1 aromatic heterocycles. The minimum atomic E-state index is -0.471. The minimum absolute atomic E-state index is 0.0970. The van der Waals surface area contributed by atoms with Gasteiger partial charge in [-0.15, -0.1) is 11.8 Å². The summed E-state index contributed by atoms with van der Waals surface area (Å²) in [6.45, 7) is -0.0976. The van der Waals surface area contributed by atoms with Gasteiger partial charge in [-0.2, -0.15) is 0 Å². The van der Waals surface area contributed by atoms with Gasteiger partial charge in [0.1, 0.15) is 12.6 Å². The van der Waals surface area contributed by atoms with Gasteiger partial charge in [-0.3, -0.25) is 19.0 Å². The number of aromatic nitrogens is 2. The average molecular weight is 346 g/mol. The molecule has 1 aliphatic rings. The summed E-state index contributed by atoms with van der Waals surface area (Å²) >= 11 is 1.54. The summed E-state index contributed by atoms with van der Waals surface area (Å²) < 4.78 is 1.41. The summed E-state index contributed by atoms with van der Waals surface area (Å²) in [5, 5.41) is 0. The van der Waals surface area contributed by atoms with Crippen LogP contribution in [-0.2, 0) is 16.1 Å². The molecule has 126 valence electrons. The van der Waals surface area contributed by atoms with Crippen molar-refractivity contribution in [2.45, 2.75) is 12.6 Å². The van der Waals surface area contributed by atoms with Crippen molar-refractivity contribution in [3.8, 4) is 0 Å². The van der Waals surface area contributed by atoms with Crippen LogP contribution in [-0.4, -0.2) is 62.9 Å². The number of hydrogen-bond acceptors (Lipinski definition) is 5. The van der Waals surface area contributed by atoms with Gasteiger partial charge in [0.15, 0.2) is 0 Å². The van der Waals surface area contributed by atoms with Crippen LogP contribution in [0.15, 0.2) is 35.3 Å². The second-order valence-electron chi connectivity index (χ2n) is 5.78. The summed E-state index contributed by atoms with van der Waals surface area (Å²) in [7, 11) is 3.35. The summed E-state index contributed by atoms with van der Waals surface area (Å²) in [5.74, 6) is 0.703. The number of benzene rings is 1. The van der Waals surface area contributed by atoms with Gasteiger partial charge < -0.3 is 9.80 Å². The number of fused-ring (bicyclic) bond motifs is 1. The third-order valence-corrected chi connectivity index (χ3v) is 4.99. The fourth-order valence-corrected chi connectivity index (χ4v) is 3.87. The molecule has 1 aromatic carbocycles. The standard InChI is InChI=1S/C16H18N4O3S/c1-18(2)16(23)13-9-24-10-20(13)15(22)8-19-12-6-4-3-5-11(12)17-7-14(19)21/h3-7,13H,8-10H2,1-2H3/t13-/m0/s1. The molecule has 2 heterocycles. The first-order valence-corrected chi connectivity index (χ1v) is 8.67. The first-order valence-electron chi connectivity index (χ1n) is 7.52. The number of carbonyl (C=O) groups is 2. The summed E-state index contributed by atoms with van der Waals surface area (Å²) in [5.41, 5.74) is 0.937. The van der Waals surface area contributed by atoms with Crippen LogP contribution in [0.5, 0.6) is 0 Å². The first kappa shape index (κ1) is 16.5. The minimum Gasteiger partial charge on any atom is -0.347 e. The Morgan fingerprint density at radius 2 is 2.08 bits per heavy atom. The highest BCUT2D eigenvalue weighted by Crippen LogP contribution is 2.22. The average Bonchev–Trinajstić information content (AvgIpc) is 3.06. The van der Waals surface area contributed by atoms with E-state index in [4.69, 9.17) is 0 Å². The molecule has 1 atom stereocenters. The summed E-state index contributed by atoms with van der Waals surface area (Å²) in [6, 6.07) is 6.71. The Morgan fingerprint density at radius 1 is 1.33 bits per heavy atom. The topological polar surface area (TPSA) is 75.5 Å². The molecular weight excluding hydrogens is 328 g/mol. The number of amides is 2. The Hall–Kier alpha value is -2.35. The molecule has 0 unspecified atom stereocenters. The molecule has 1 aliphatic heterocycles. The number of carbonyl (C=O) groups excluding carboxylic acids is 2. The number of nitrogens with zero attached hydrogens (tertiary/aromatic N) is 4. The Balaban J connectivity index is 1.89. The van der Waals surface area contributed by atoms with Crippen molar-refractivity contribution in [3.05, 3.63) is 40.8 Å². The molecule has 8 heteroatoms. The third-order valence-electron chi connectivity index (χ3n) is 3.97. The smallest absolute Gasteiger partial charge is 0.269 e. The van der Waals surface area contributed by atoms with E-state index < -0.39 is 6.04 Å². The molecule has 3 rings (SSSR count). The molecule has 2 amide bonds. The van der Waals surface area contributed by atoms with E-state index in [1.807, 2.05) is 6.07 Å². The normalized spacial score (nSPS) is 17.2. The van der Waals surface area contributed by atoms with Gasteiger partial charge in [0.25, 0.3) is 5.56 Å². The Bertz CT molecular complexity index is 849. The van der Waals surface area contributed by atoms with E-state index in [1.54, 1.807) is 49.0 Å². The number of likely N-dealkylation sites (N-methyl/N-ethyl adjacent to an activating group) is 1. The van der Waals surface area contributed by atoms with Crippen LogP contribution in [0.3, 0.4) is 0 Å². The molecule has 1 fully saturated rings. The first-order chi connectivity index (χ1) is 11.5. The Kier molecular flexibility index (Phi) is 4.57. The molecule has 0 bridgehead atoms. The zero-order valence-electron chi connectivity index (χ0n) is 13.5. The van der Waals surface area contributed by atoms with Gasteiger partial charge in [0, 0.05) is 19.8 Å². The van der Waals surface area contributed by atoms with Crippen molar-refractivity contribution in [3.63, 3.8) is 0 Å². The van der Waals surface area contributed by atoms with Gasteiger partial charge in [0.05, 0.1) is 23.1 Å². The van der Waals surface area contributed by atoms with Gasteiger partial charge in [0.2, 0.25) is 11.8 Å². The van der Waals surface area contributed by atoms with Gasteiger partial charge in [-0.05, 0) is 12.1 Å². The van der Waals surface area contributed by atoms with E-state index in [-0.39, 0.29) is 23.9 Å². The van der Waals surface area contributed by atoms with Crippen molar-refractivity contribution in [2.75, 3.05) is 25.7 Å². The lowest BCUT2D eigenvalue weighted by atomic mass is 10.2. The molecule has 24 heavy (non-hydrogen) atoms. The number of para-hydroxylation sites is 2. The number of thioether (sulfide) groups is 1. The predicted molar refractivity (Wildman–Crippen MR) is 92.7 cm³/mol. The fraction of sp³-hybridized carbons (Fsp3) is 0.375. The van der Waals surface area contributed by atoms with E-state index in [0.29, 0.717) is 22.7 Å². The Morgan fingerprint density at radius 3 is 2.83 bits per heavy atom. The second kappa shape index (κ2) is 6.64. The SMILES string of the molecule is CN(C)C(=O)[C@@H]1CSCN1C(=O)Cn1c(=O)cnc2ccccc21. The molecular formula is C16H18N4O3S. The molecule has 0 N–H and O–H groups in total. The monoisotopic (exact) mass is 346 g/mol. The highest BCUT2D eigenvalue weighted by Gasteiger charge is 2.35. The maximum absolute atomic E-state index is 12.7. The van der Waals surface area contributed by atoms with Crippen LogP contribution in [0.4, 0.5) is 0 Å². The molecule has 7 nitrogen and oxygen atoms in total. The number of rotatable bonds is 3. The summed E-state index contributed by atoms with van der Waals surface area (Å²) in [4.78, 5) is 44.2. The van der Waals surface area contributed by atoms with Crippen molar-refractivity contribution >= 4 is 34.6 Å². The van der Waals surface area contributed by atoms with Crippen LogP contribution in [0.25, 0.3) is 11.0 Å². The zero-order chi connectivity index (χ0) is 17.3. The van der Waals surface area contributed by atoms with Gasteiger partial charge >= 0.3 is 0 Å². The highest BCUT2D eigenvalue weighted by atomic mass is 32.2. The van der Waals surface area contributed by atoms with E-state index in [9.17, 15) is 14.4 Å². The van der Waals surface area contributed by atoms with Crippen LogP contribution < -0.4 is 5.56 Å². The third kappa shape index (κ3) is 3.01. The maximum Gasteiger partial charge on any atom is 0.269 e. The van der Waals surface area contributed by atoms with Crippen LogP contribution in [0.2, 0.25) is 0 Å². The lowest BCUT2D eigenvalue weighted by Crippen LogP contribution is -2.48. The van der Waals surface area contributed by atoms with Crippen LogP contribution >= 0.6 is 11.8 Å². The fourth-order valence-electron chi connectivity index (χ4n) is 2.70. The molecule has 0 aliphatic carbocycles. The van der Waals surface area contributed by atoms with E-state index in [0.717, 1.165) is 0 Å². The van der Waals surface area contributed by atoms with Gasteiger partial charge in [-0.1, -0.05) is 12.1 Å². The lowest BCUT2D eigenvalue weighted by Gasteiger charge is -2.25. The van der Waals surface area contributed by atoms with Crippen molar-refractivity contribution in [2.24, 2.45) is 0 Å². The van der Waals surface area contributed by atoms with E-state index in [1.165, 1.54) is 15.7 Å². The molecule has 0 saturated carbocycles. The van der Waals surface area contributed by atoms with Crippen molar-refractivity contribution in [1.29, 1.82) is 0 Å². The lowest BCUT2D eigenvalue weighted by molar-refractivity contribution is -0.142. The van der Waals surface area contributed by atoms with E-state index >= 15 is 0 Å². The molecule has 0 radical (unpaired) electrons. The quantitative estimate of drug-likeness (QED) is 0.803. The van der Waals surface area contributed by atoms with E-state index in [2.05, 4.69) is 4.98 Å². The van der Waals surface area contributed by atoms with Crippen molar-refractivity contribution in [1.82, 2.24) is 19.4 Å². The molecule has 1 saturated heterocycles. The largest absolute Gasteiger partial charge is 0.347 e. The van der Waals surface area contributed by atoms with Crippen molar-refractivity contribution < 1.29 is 9.59 Å².